The highest BCUT2D eigenvalue weighted by atomic mass is 35.5. The van der Waals surface area contributed by atoms with Crippen LogP contribution < -0.4 is 10.1 Å². The minimum absolute atomic E-state index is 0.0479. The molecular weight excluding hydrogens is 515 g/mol. The van der Waals surface area contributed by atoms with Gasteiger partial charge in [-0.25, -0.2) is 19.4 Å². The quantitative estimate of drug-likeness (QED) is 0.352. The largest absolute Gasteiger partial charge is 0.480 e. The van der Waals surface area contributed by atoms with Crippen LogP contribution in [0.5, 0.6) is 5.88 Å². The number of aryl methyl sites for hydroxylation is 1. The smallest absolute Gasteiger partial charge is 0.435 e. The topological polar surface area (TPSA) is 139 Å². The van der Waals surface area contributed by atoms with Gasteiger partial charge in [-0.2, -0.15) is 28.5 Å². The van der Waals surface area contributed by atoms with Crippen LogP contribution >= 0.6 is 11.6 Å². The number of nitrogens with one attached hydrogen (secondary N) is 1. The molecule has 0 fully saturated rings. The molecule has 3 aromatic heterocycles. The summed E-state index contributed by atoms with van der Waals surface area (Å²) >= 11 is 6.04. The first-order valence-electron chi connectivity index (χ1n) is 10.3. The number of ether oxygens (including phenoxy) is 1. The van der Waals surface area contributed by atoms with E-state index in [2.05, 4.69) is 25.4 Å². The second kappa shape index (κ2) is 9.75. The predicted molar refractivity (Wildman–Crippen MR) is 125 cm³/mol. The number of nitriles is 1. The molecule has 0 unspecified atom stereocenters. The number of nitrogens with zero attached hydrogens (tertiary/aromatic N) is 6. The van der Waals surface area contributed by atoms with E-state index in [1.54, 1.807) is 0 Å². The molecule has 0 aliphatic heterocycles. The number of methoxy groups -OCH3 is 1. The van der Waals surface area contributed by atoms with Crippen molar-refractivity contribution in [3.8, 4) is 28.9 Å². The zero-order chi connectivity index (χ0) is 26.9. The van der Waals surface area contributed by atoms with Crippen molar-refractivity contribution in [1.82, 2.24) is 24.7 Å². The van der Waals surface area contributed by atoms with Crippen molar-refractivity contribution in [2.24, 2.45) is 0 Å². The number of hydrogen-bond donors (Lipinski definition) is 2. The summed E-state index contributed by atoms with van der Waals surface area (Å²) in [5, 5.41) is 25.5. The van der Waals surface area contributed by atoms with Crippen LogP contribution in [0.1, 0.15) is 27.3 Å². The fourth-order valence-corrected chi connectivity index (χ4v) is 3.63. The van der Waals surface area contributed by atoms with Crippen LogP contribution in [-0.4, -0.2) is 42.9 Å². The summed E-state index contributed by atoms with van der Waals surface area (Å²) in [6.07, 6.45) is -2.15. The summed E-state index contributed by atoms with van der Waals surface area (Å²) in [6.45, 7) is 1.41. The summed E-state index contributed by atoms with van der Waals surface area (Å²) in [5.74, 6) is -1.61. The number of aromatic nitrogens is 5. The van der Waals surface area contributed by atoms with Gasteiger partial charge in [-0.3, -0.25) is 0 Å². The predicted octanol–water partition coefficient (Wildman–Crippen LogP) is 5.03. The van der Waals surface area contributed by atoms with Crippen molar-refractivity contribution in [1.29, 1.82) is 5.26 Å². The van der Waals surface area contributed by atoms with E-state index in [-0.39, 0.29) is 50.6 Å². The van der Waals surface area contributed by atoms with Crippen molar-refractivity contribution < 1.29 is 27.8 Å². The molecule has 188 valence electrons. The number of carboxylic acid groups (broad SMARTS) is 1. The molecule has 14 heteroatoms. The van der Waals surface area contributed by atoms with Crippen molar-refractivity contribution in [3.05, 3.63) is 70.3 Å². The Morgan fingerprint density at radius 3 is 2.57 bits per heavy atom. The highest BCUT2D eigenvalue weighted by molar-refractivity contribution is 6.31. The summed E-state index contributed by atoms with van der Waals surface area (Å²) in [5.41, 5.74) is -0.358. The van der Waals surface area contributed by atoms with Crippen LogP contribution in [0, 0.1) is 18.3 Å². The van der Waals surface area contributed by atoms with Crippen molar-refractivity contribution >= 4 is 29.2 Å². The van der Waals surface area contributed by atoms with E-state index < -0.39 is 17.8 Å². The molecule has 3 heterocycles. The maximum absolute atomic E-state index is 13.4. The lowest BCUT2D eigenvalue weighted by molar-refractivity contribution is -0.141. The van der Waals surface area contributed by atoms with Gasteiger partial charge in [0, 0.05) is 39.9 Å². The average Bonchev–Trinajstić information content (AvgIpc) is 3.25. The Bertz CT molecular complexity index is 1560. The van der Waals surface area contributed by atoms with E-state index in [1.807, 2.05) is 6.07 Å². The maximum atomic E-state index is 13.4. The number of aromatic carboxylic acids is 1. The molecule has 0 amide bonds. The van der Waals surface area contributed by atoms with Crippen LogP contribution in [0.4, 0.5) is 24.8 Å². The normalized spacial score (nSPS) is 11.2. The number of alkyl halides is 3. The van der Waals surface area contributed by atoms with E-state index in [4.69, 9.17) is 16.3 Å². The number of pyridine rings is 1. The maximum Gasteiger partial charge on any atom is 0.435 e. The van der Waals surface area contributed by atoms with Gasteiger partial charge in [0.15, 0.2) is 11.5 Å². The third-order valence-electron chi connectivity index (χ3n) is 5.02. The third-order valence-corrected chi connectivity index (χ3v) is 5.23. The van der Waals surface area contributed by atoms with Crippen LogP contribution in [0.15, 0.2) is 42.7 Å². The number of rotatable bonds is 6. The molecule has 0 atom stereocenters. The summed E-state index contributed by atoms with van der Waals surface area (Å²) < 4.78 is 46.1. The van der Waals surface area contributed by atoms with Crippen LogP contribution in [0.3, 0.4) is 0 Å². The van der Waals surface area contributed by atoms with Gasteiger partial charge in [0.2, 0.25) is 11.8 Å². The summed E-state index contributed by atoms with van der Waals surface area (Å²) in [7, 11) is 1.25. The van der Waals surface area contributed by atoms with E-state index in [9.17, 15) is 28.3 Å². The Morgan fingerprint density at radius 1 is 1.19 bits per heavy atom. The van der Waals surface area contributed by atoms with Crippen LogP contribution in [-0.2, 0) is 6.18 Å². The fourth-order valence-electron chi connectivity index (χ4n) is 3.40. The molecule has 0 bridgehead atoms. The summed E-state index contributed by atoms with van der Waals surface area (Å²) in [4.78, 5) is 24.2. The van der Waals surface area contributed by atoms with Gasteiger partial charge >= 0.3 is 12.1 Å². The molecule has 0 saturated heterocycles. The molecule has 2 N–H and O–H groups in total. The monoisotopic (exact) mass is 529 g/mol. The second-order valence-corrected chi connectivity index (χ2v) is 8.00. The minimum atomic E-state index is -4.71. The Kier molecular flexibility index (Phi) is 6.69. The lowest BCUT2D eigenvalue weighted by Crippen LogP contribution is -2.11. The fraction of sp³-hybridized carbons (Fsp3) is 0.130. The Balaban J connectivity index is 1.90. The number of carboxylic acids is 1. The Morgan fingerprint density at radius 2 is 1.95 bits per heavy atom. The highest BCUT2D eigenvalue weighted by Gasteiger charge is 2.35. The van der Waals surface area contributed by atoms with Gasteiger partial charge in [-0.05, 0) is 37.3 Å². The minimum Gasteiger partial charge on any atom is -0.480 e. The second-order valence-electron chi connectivity index (χ2n) is 7.56. The van der Waals surface area contributed by atoms with Gasteiger partial charge in [-0.1, -0.05) is 11.6 Å². The molecule has 4 aromatic rings. The molecule has 10 nitrogen and oxygen atoms in total. The highest BCUT2D eigenvalue weighted by Crippen LogP contribution is 2.33. The standard InChI is InChI=1S/C23H15ClF3N7O3/c1-11-3-18(23(25,26)27)33-34(11)19-17(13-6-16(21(35)36)20(37-2)29-9-13)10-30-22(32-19)31-15-5-12(8-28)4-14(24)7-15/h3-7,9-10H,1-2H3,(H,35,36)(H,30,31,32). The van der Waals surface area contributed by atoms with Crippen LogP contribution in [0.2, 0.25) is 5.02 Å². The molecule has 0 saturated carbocycles. The Labute approximate surface area is 212 Å². The SMILES string of the molecule is COc1ncc(-c2cnc(Nc3cc(Cl)cc(C#N)c3)nc2-n2nc(C(F)(F)F)cc2C)cc1C(=O)O. The van der Waals surface area contributed by atoms with Crippen molar-refractivity contribution in [2.45, 2.75) is 13.1 Å². The van der Waals surface area contributed by atoms with Gasteiger partial charge in [-0.15, -0.1) is 0 Å². The molecule has 4 rings (SSSR count). The average molecular weight is 530 g/mol. The van der Waals surface area contributed by atoms with E-state index in [0.29, 0.717) is 5.69 Å². The Hall–Kier alpha value is -4.70. The van der Waals surface area contributed by atoms with Crippen molar-refractivity contribution in [2.75, 3.05) is 12.4 Å². The number of halogens is 4. The molecule has 37 heavy (non-hydrogen) atoms. The van der Waals surface area contributed by atoms with E-state index in [0.717, 1.165) is 10.7 Å². The van der Waals surface area contributed by atoms with Gasteiger partial charge in [0.25, 0.3) is 0 Å². The molecule has 0 aliphatic carbocycles. The number of anilines is 2. The first-order chi connectivity index (χ1) is 17.5. The molecular formula is C23H15ClF3N7O3. The third kappa shape index (κ3) is 5.29. The first-order valence-corrected chi connectivity index (χ1v) is 10.6. The molecule has 0 radical (unpaired) electrons. The first kappa shape index (κ1) is 25.4. The zero-order valence-electron chi connectivity index (χ0n) is 19.0. The van der Waals surface area contributed by atoms with Crippen molar-refractivity contribution in [3.63, 3.8) is 0 Å². The van der Waals surface area contributed by atoms with Gasteiger partial charge in [0.1, 0.15) is 5.56 Å². The van der Waals surface area contributed by atoms with E-state index >= 15 is 0 Å². The van der Waals surface area contributed by atoms with E-state index in [1.165, 1.54) is 50.7 Å². The van der Waals surface area contributed by atoms with Crippen LogP contribution in [0.25, 0.3) is 16.9 Å². The number of hydrogen-bond acceptors (Lipinski definition) is 8. The molecule has 1 aromatic carbocycles. The number of carbonyl (C=O) groups is 1. The van der Waals surface area contributed by atoms with Gasteiger partial charge in [0.05, 0.1) is 18.7 Å². The lowest BCUT2D eigenvalue weighted by atomic mass is 10.1. The summed E-state index contributed by atoms with van der Waals surface area (Å²) in [6, 6.07) is 8.49. The van der Waals surface area contributed by atoms with Gasteiger partial charge < -0.3 is 15.2 Å². The molecule has 0 spiro atoms. The lowest BCUT2D eigenvalue weighted by Gasteiger charge is -2.14. The zero-order valence-corrected chi connectivity index (χ0v) is 19.8. The number of benzene rings is 1. The molecule has 0 aliphatic rings.